The SMILES string of the molecule is C/C(C#N)=N\Nc1ccc2c(c1)oc1ccccc12. The molecule has 0 aliphatic carbocycles. The molecule has 92 valence electrons. The molecular weight excluding hydrogens is 238 g/mol. The lowest BCUT2D eigenvalue weighted by atomic mass is 10.1. The van der Waals surface area contributed by atoms with Crippen LogP contribution in [0.5, 0.6) is 0 Å². The zero-order valence-corrected chi connectivity index (χ0v) is 10.3. The van der Waals surface area contributed by atoms with Crippen LogP contribution in [0.4, 0.5) is 5.69 Å². The van der Waals surface area contributed by atoms with Crippen LogP contribution in [-0.4, -0.2) is 5.71 Å². The van der Waals surface area contributed by atoms with Crippen molar-refractivity contribution in [3.8, 4) is 6.07 Å². The van der Waals surface area contributed by atoms with Gasteiger partial charge in [-0.25, -0.2) is 0 Å². The molecule has 0 saturated carbocycles. The smallest absolute Gasteiger partial charge is 0.137 e. The van der Waals surface area contributed by atoms with E-state index in [1.807, 2.05) is 48.5 Å². The van der Waals surface area contributed by atoms with Gasteiger partial charge in [-0.05, 0) is 25.1 Å². The number of para-hydroxylation sites is 1. The molecule has 0 aliphatic rings. The summed E-state index contributed by atoms with van der Waals surface area (Å²) < 4.78 is 5.77. The third kappa shape index (κ3) is 2.02. The summed E-state index contributed by atoms with van der Waals surface area (Å²) in [5.41, 5.74) is 5.68. The van der Waals surface area contributed by atoms with Crippen LogP contribution in [0.25, 0.3) is 21.9 Å². The van der Waals surface area contributed by atoms with Gasteiger partial charge in [0.1, 0.15) is 22.9 Å². The summed E-state index contributed by atoms with van der Waals surface area (Å²) in [5.74, 6) is 0. The van der Waals surface area contributed by atoms with Crippen molar-refractivity contribution in [3.63, 3.8) is 0 Å². The number of benzene rings is 2. The second-order valence-electron chi connectivity index (χ2n) is 4.23. The minimum absolute atomic E-state index is 0.379. The van der Waals surface area contributed by atoms with Gasteiger partial charge in [0.15, 0.2) is 0 Å². The Balaban J connectivity index is 2.07. The second kappa shape index (κ2) is 4.46. The topological polar surface area (TPSA) is 61.3 Å². The molecule has 1 aromatic heterocycles. The van der Waals surface area contributed by atoms with Crippen LogP contribution in [0.3, 0.4) is 0 Å². The minimum atomic E-state index is 0.379. The van der Waals surface area contributed by atoms with Crippen LogP contribution < -0.4 is 5.43 Å². The number of rotatable bonds is 2. The number of hydrazone groups is 1. The van der Waals surface area contributed by atoms with Crippen LogP contribution in [-0.2, 0) is 0 Å². The molecular formula is C15H11N3O. The highest BCUT2D eigenvalue weighted by Gasteiger charge is 2.06. The maximum atomic E-state index is 8.64. The van der Waals surface area contributed by atoms with Crippen molar-refractivity contribution < 1.29 is 4.42 Å². The molecule has 0 spiro atoms. The quantitative estimate of drug-likeness (QED) is 0.553. The van der Waals surface area contributed by atoms with Crippen LogP contribution in [0, 0.1) is 11.3 Å². The number of anilines is 1. The highest BCUT2D eigenvalue weighted by Crippen LogP contribution is 2.30. The van der Waals surface area contributed by atoms with Crippen molar-refractivity contribution in [1.82, 2.24) is 0 Å². The van der Waals surface area contributed by atoms with Gasteiger partial charge in [0.05, 0.1) is 5.69 Å². The van der Waals surface area contributed by atoms with Gasteiger partial charge in [0.25, 0.3) is 0 Å². The zero-order valence-electron chi connectivity index (χ0n) is 10.3. The fraction of sp³-hybridized carbons (Fsp3) is 0.0667. The molecule has 19 heavy (non-hydrogen) atoms. The maximum Gasteiger partial charge on any atom is 0.137 e. The Bertz CT molecular complexity index is 824. The van der Waals surface area contributed by atoms with E-state index in [1.165, 1.54) is 0 Å². The second-order valence-corrected chi connectivity index (χ2v) is 4.23. The van der Waals surface area contributed by atoms with E-state index in [-0.39, 0.29) is 0 Å². The van der Waals surface area contributed by atoms with Crippen molar-refractivity contribution in [2.24, 2.45) is 5.10 Å². The Morgan fingerprint density at radius 1 is 1.16 bits per heavy atom. The summed E-state index contributed by atoms with van der Waals surface area (Å²) in [6.07, 6.45) is 0. The lowest BCUT2D eigenvalue weighted by molar-refractivity contribution is 0.669. The fourth-order valence-corrected chi connectivity index (χ4v) is 1.97. The summed E-state index contributed by atoms with van der Waals surface area (Å²) in [7, 11) is 0. The van der Waals surface area contributed by atoms with Crippen molar-refractivity contribution in [2.75, 3.05) is 5.43 Å². The van der Waals surface area contributed by atoms with Crippen LogP contribution >= 0.6 is 0 Å². The monoisotopic (exact) mass is 249 g/mol. The molecule has 0 amide bonds. The molecule has 0 fully saturated rings. The Morgan fingerprint density at radius 2 is 1.95 bits per heavy atom. The molecule has 3 aromatic rings. The van der Waals surface area contributed by atoms with Gasteiger partial charge >= 0.3 is 0 Å². The summed E-state index contributed by atoms with van der Waals surface area (Å²) in [6.45, 7) is 1.65. The number of hydrogen-bond acceptors (Lipinski definition) is 4. The minimum Gasteiger partial charge on any atom is -0.456 e. The lowest BCUT2D eigenvalue weighted by Gasteiger charge is -1.99. The fourth-order valence-electron chi connectivity index (χ4n) is 1.97. The molecule has 0 atom stereocenters. The van der Waals surface area contributed by atoms with Crippen molar-refractivity contribution >= 4 is 33.3 Å². The third-order valence-corrected chi connectivity index (χ3v) is 2.89. The Hall–Kier alpha value is -2.80. The van der Waals surface area contributed by atoms with Crippen LogP contribution in [0.15, 0.2) is 52.0 Å². The van der Waals surface area contributed by atoms with E-state index in [2.05, 4.69) is 10.5 Å². The molecule has 2 aromatic carbocycles. The maximum absolute atomic E-state index is 8.64. The highest BCUT2D eigenvalue weighted by atomic mass is 16.3. The molecule has 0 saturated heterocycles. The summed E-state index contributed by atoms with van der Waals surface area (Å²) in [4.78, 5) is 0. The van der Waals surface area contributed by atoms with Gasteiger partial charge in [0, 0.05) is 16.8 Å². The standard InChI is InChI=1S/C15H11N3O/c1-10(9-16)17-18-11-6-7-13-12-4-2-3-5-14(12)19-15(13)8-11/h2-8,18H,1H3/b17-10+. The number of hydrogen-bond donors (Lipinski definition) is 1. The number of fused-ring (bicyclic) bond motifs is 3. The normalized spacial score (nSPS) is 11.7. The zero-order chi connectivity index (χ0) is 13.2. The molecule has 3 rings (SSSR count). The molecule has 1 heterocycles. The van der Waals surface area contributed by atoms with Crippen molar-refractivity contribution in [3.05, 3.63) is 42.5 Å². The van der Waals surface area contributed by atoms with E-state index in [0.717, 1.165) is 27.6 Å². The average Bonchev–Trinajstić information content (AvgIpc) is 2.82. The van der Waals surface area contributed by atoms with Gasteiger partial charge < -0.3 is 4.42 Å². The largest absolute Gasteiger partial charge is 0.456 e. The average molecular weight is 249 g/mol. The van der Waals surface area contributed by atoms with Gasteiger partial charge in [-0.2, -0.15) is 10.4 Å². The molecule has 0 aliphatic heterocycles. The van der Waals surface area contributed by atoms with E-state index in [1.54, 1.807) is 6.92 Å². The first-order chi connectivity index (χ1) is 9.28. The van der Waals surface area contributed by atoms with Crippen molar-refractivity contribution in [2.45, 2.75) is 6.92 Å². The third-order valence-electron chi connectivity index (χ3n) is 2.89. The summed E-state index contributed by atoms with van der Waals surface area (Å²) >= 11 is 0. The predicted octanol–water partition coefficient (Wildman–Crippen LogP) is 3.90. The Labute approximate surface area is 109 Å². The number of nitrogens with one attached hydrogen (secondary N) is 1. The first-order valence-electron chi connectivity index (χ1n) is 5.89. The van der Waals surface area contributed by atoms with E-state index < -0.39 is 0 Å². The number of nitrogens with zero attached hydrogens (tertiary/aromatic N) is 2. The van der Waals surface area contributed by atoms with E-state index in [4.69, 9.17) is 9.68 Å². The molecule has 0 unspecified atom stereocenters. The molecule has 4 heteroatoms. The van der Waals surface area contributed by atoms with Crippen molar-refractivity contribution in [1.29, 1.82) is 5.26 Å². The van der Waals surface area contributed by atoms with Gasteiger partial charge in [0.2, 0.25) is 0 Å². The number of nitriles is 1. The summed E-state index contributed by atoms with van der Waals surface area (Å²) in [6, 6.07) is 15.7. The Morgan fingerprint density at radius 3 is 2.79 bits per heavy atom. The Kier molecular flexibility index (Phi) is 2.66. The number of furan rings is 1. The van der Waals surface area contributed by atoms with Gasteiger partial charge in [-0.15, -0.1) is 0 Å². The highest BCUT2D eigenvalue weighted by molar-refractivity contribution is 6.05. The first kappa shape index (κ1) is 11.3. The summed E-state index contributed by atoms with van der Waals surface area (Å²) in [5, 5.41) is 14.7. The van der Waals surface area contributed by atoms with Crippen LogP contribution in [0.1, 0.15) is 6.92 Å². The molecule has 0 bridgehead atoms. The first-order valence-corrected chi connectivity index (χ1v) is 5.89. The molecule has 4 nitrogen and oxygen atoms in total. The van der Waals surface area contributed by atoms with E-state index in [0.29, 0.717) is 5.71 Å². The lowest BCUT2D eigenvalue weighted by Crippen LogP contribution is -1.93. The molecule has 0 radical (unpaired) electrons. The van der Waals surface area contributed by atoms with E-state index in [9.17, 15) is 0 Å². The van der Waals surface area contributed by atoms with Gasteiger partial charge in [-0.3, -0.25) is 5.43 Å². The van der Waals surface area contributed by atoms with E-state index >= 15 is 0 Å². The predicted molar refractivity (Wildman–Crippen MR) is 76.1 cm³/mol. The molecule has 1 N–H and O–H groups in total. The van der Waals surface area contributed by atoms with Gasteiger partial charge in [-0.1, -0.05) is 18.2 Å². The van der Waals surface area contributed by atoms with Crippen LogP contribution in [0.2, 0.25) is 0 Å².